The number of aromatic nitrogens is 1. The highest BCUT2D eigenvalue weighted by atomic mass is 16.3. The number of pyridine rings is 1. The molecule has 1 amide bonds. The largest absolute Gasteiger partial charge is 0.396 e. The number of aliphatic hydroxyl groups is 1. The lowest BCUT2D eigenvalue weighted by molar-refractivity contribution is -0.121. The maximum atomic E-state index is 12.0. The van der Waals surface area contributed by atoms with Crippen LogP contribution in [0.4, 0.5) is 0 Å². The van der Waals surface area contributed by atoms with Crippen molar-refractivity contribution in [3.8, 4) is 0 Å². The summed E-state index contributed by atoms with van der Waals surface area (Å²) in [6.07, 6.45) is 2.63. The second-order valence-electron chi connectivity index (χ2n) is 6.15. The van der Waals surface area contributed by atoms with Crippen LogP contribution in [0.25, 0.3) is 10.9 Å². The van der Waals surface area contributed by atoms with Gasteiger partial charge in [-0.15, -0.1) is 0 Å². The minimum Gasteiger partial charge on any atom is -0.396 e. The Balaban J connectivity index is 1.60. The summed E-state index contributed by atoms with van der Waals surface area (Å²) in [5.74, 6) is -0.0766. The number of benzene rings is 1. The molecule has 1 saturated carbocycles. The van der Waals surface area contributed by atoms with Crippen LogP contribution < -0.4 is 10.9 Å². The molecule has 2 aromatic rings. The molecule has 0 bridgehead atoms. The van der Waals surface area contributed by atoms with Crippen LogP contribution in [-0.4, -0.2) is 29.1 Å². The van der Waals surface area contributed by atoms with E-state index in [0.29, 0.717) is 18.5 Å². The molecule has 0 atom stereocenters. The molecule has 5 nitrogen and oxygen atoms in total. The van der Waals surface area contributed by atoms with Crippen molar-refractivity contribution in [2.75, 3.05) is 13.2 Å². The second-order valence-corrected chi connectivity index (χ2v) is 6.15. The zero-order chi connectivity index (χ0) is 15.6. The van der Waals surface area contributed by atoms with Gasteiger partial charge in [-0.25, -0.2) is 0 Å². The molecule has 0 aliphatic heterocycles. The van der Waals surface area contributed by atoms with Crippen molar-refractivity contribution >= 4 is 16.8 Å². The lowest BCUT2D eigenvalue weighted by atomic mass is 10.1. The van der Waals surface area contributed by atoms with E-state index in [1.807, 2.05) is 30.3 Å². The van der Waals surface area contributed by atoms with Crippen LogP contribution in [0.5, 0.6) is 0 Å². The van der Waals surface area contributed by atoms with Crippen molar-refractivity contribution in [1.82, 2.24) is 10.3 Å². The highest BCUT2D eigenvalue weighted by molar-refractivity contribution is 5.79. The Hall–Kier alpha value is -2.14. The highest BCUT2D eigenvalue weighted by Gasteiger charge is 2.41. The maximum absolute atomic E-state index is 12.0. The standard InChI is InChI=1S/C17H20N2O3/c20-11-17(7-8-17)10-18-15(21)6-5-13-9-12-3-1-2-4-14(12)19-16(13)22/h1-4,9,20H,5-8,10-11H2,(H,18,21)(H,19,22). The molecule has 0 spiro atoms. The molecule has 1 aromatic heterocycles. The van der Waals surface area contributed by atoms with Crippen molar-refractivity contribution < 1.29 is 9.90 Å². The molecule has 3 rings (SSSR count). The predicted octanol–water partition coefficient (Wildman–Crippen LogP) is 1.35. The number of hydrogen-bond acceptors (Lipinski definition) is 3. The first kappa shape index (κ1) is 14.8. The summed E-state index contributed by atoms with van der Waals surface area (Å²) in [5, 5.41) is 13.0. The van der Waals surface area contributed by atoms with Gasteiger partial charge in [0.05, 0.1) is 6.61 Å². The molecule has 1 aliphatic carbocycles. The van der Waals surface area contributed by atoms with Gasteiger partial charge >= 0.3 is 0 Å². The number of aliphatic hydroxyl groups excluding tert-OH is 1. The Morgan fingerprint density at radius 2 is 2.09 bits per heavy atom. The van der Waals surface area contributed by atoms with Gasteiger partial charge in [-0.2, -0.15) is 0 Å². The van der Waals surface area contributed by atoms with Gasteiger partial charge in [-0.1, -0.05) is 18.2 Å². The number of nitrogens with one attached hydrogen (secondary N) is 2. The number of aryl methyl sites for hydroxylation is 1. The van der Waals surface area contributed by atoms with Gasteiger partial charge in [0.1, 0.15) is 0 Å². The fraction of sp³-hybridized carbons (Fsp3) is 0.412. The minimum atomic E-state index is -0.138. The Morgan fingerprint density at radius 1 is 1.32 bits per heavy atom. The zero-order valence-corrected chi connectivity index (χ0v) is 12.4. The number of fused-ring (bicyclic) bond motifs is 1. The minimum absolute atomic E-state index is 0.0766. The molecule has 1 fully saturated rings. The molecule has 22 heavy (non-hydrogen) atoms. The maximum Gasteiger partial charge on any atom is 0.251 e. The number of para-hydroxylation sites is 1. The smallest absolute Gasteiger partial charge is 0.251 e. The Bertz CT molecular complexity index is 747. The zero-order valence-electron chi connectivity index (χ0n) is 12.4. The molecule has 3 N–H and O–H groups in total. The summed E-state index contributed by atoms with van der Waals surface area (Å²) in [6.45, 7) is 0.647. The molecule has 0 saturated heterocycles. The summed E-state index contributed by atoms with van der Waals surface area (Å²) in [4.78, 5) is 26.7. The quantitative estimate of drug-likeness (QED) is 0.753. The molecule has 0 unspecified atom stereocenters. The first-order chi connectivity index (χ1) is 10.6. The molecule has 1 aliphatic rings. The van der Waals surface area contributed by atoms with E-state index in [-0.39, 0.29) is 29.9 Å². The Kier molecular flexibility index (Phi) is 3.98. The molecule has 116 valence electrons. The van der Waals surface area contributed by atoms with E-state index in [9.17, 15) is 14.7 Å². The number of hydrogen-bond donors (Lipinski definition) is 3. The summed E-state index contributed by atoms with van der Waals surface area (Å²) in [5.41, 5.74) is 1.20. The third kappa shape index (κ3) is 3.20. The van der Waals surface area contributed by atoms with Gasteiger partial charge in [0.15, 0.2) is 0 Å². The van der Waals surface area contributed by atoms with E-state index in [0.717, 1.165) is 23.7 Å². The summed E-state index contributed by atoms with van der Waals surface area (Å²) >= 11 is 0. The normalized spacial score (nSPS) is 15.7. The molecule has 1 aromatic carbocycles. The molecule has 1 heterocycles. The summed E-state index contributed by atoms with van der Waals surface area (Å²) in [7, 11) is 0. The lowest BCUT2D eigenvalue weighted by Crippen LogP contribution is -2.32. The molecular formula is C17H20N2O3. The van der Waals surface area contributed by atoms with Crippen LogP contribution in [0.15, 0.2) is 35.1 Å². The Labute approximate surface area is 128 Å². The lowest BCUT2D eigenvalue weighted by Gasteiger charge is -2.12. The van der Waals surface area contributed by atoms with Crippen LogP contribution in [0.2, 0.25) is 0 Å². The van der Waals surface area contributed by atoms with Crippen LogP contribution in [-0.2, 0) is 11.2 Å². The van der Waals surface area contributed by atoms with Gasteiger partial charge in [0.25, 0.3) is 5.56 Å². The third-order valence-electron chi connectivity index (χ3n) is 4.40. The monoisotopic (exact) mass is 300 g/mol. The number of rotatable bonds is 6. The third-order valence-corrected chi connectivity index (χ3v) is 4.40. The number of aromatic amines is 1. The Morgan fingerprint density at radius 3 is 2.82 bits per heavy atom. The van der Waals surface area contributed by atoms with Crippen LogP contribution in [0.1, 0.15) is 24.8 Å². The van der Waals surface area contributed by atoms with Crippen LogP contribution in [0.3, 0.4) is 0 Å². The van der Waals surface area contributed by atoms with E-state index in [4.69, 9.17) is 0 Å². The van der Waals surface area contributed by atoms with E-state index in [1.54, 1.807) is 0 Å². The van der Waals surface area contributed by atoms with Crippen molar-refractivity contribution in [2.45, 2.75) is 25.7 Å². The first-order valence-electron chi connectivity index (χ1n) is 7.60. The highest BCUT2D eigenvalue weighted by Crippen LogP contribution is 2.44. The first-order valence-corrected chi connectivity index (χ1v) is 7.60. The molecule has 5 heteroatoms. The number of carbonyl (C=O) groups excluding carboxylic acids is 1. The van der Waals surface area contributed by atoms with Crippen LogP contribution >= 0.6 is 0 Å². The number of H-pyrrole nitrogens is 1. The van der Waals surface area contributed by atoms with Gasteiger partial charge in [0, 0.05) is 29.5 Å². The van der Waals surface area contributed by atoms with Crippen molar-refractivity contribution in [2.24, 2.45) is 5.41 Å². The summed E-state index contributed by atoms with van der Waals surface area (Å²) < 4.78 is 0. The van der Waals surface area contributed by atoms with Gasteiger partial charge < -0.3 is 15.4 Å². The molecular weight excluding hydrogens is 280 g/mol. The molecule has 0 radical (unpaired) electrons. The van der Waals surface area contributed by atoms with E-state index >= 15 is 0 Å². The number of amides is 1. The fourth-order valence-electron chi connectivity index (χ4n) is 2.57. The van der Waals surface area contributed by atoms with E-state index in [2.05, 4.69) is 10.3 Å². The second kappa shape index (κ2) is 5.93. The topological polar surface area (TPSA) is 82.2 Å². The van der Waals surface area contributed by atoms with Crippen LogP contribution in [0, 0.1) is 5.41 Å². The average Bonchev–Trinajstić information content (AvgIpc) is 3.31. The SMILES string of the molecule is O=C(CCc1cc2ccccc2[nH]c1=O)NCC1(CO)CC1. The number of carbonyl (C=O) groups is 1. The fourth-order valence-corrected chi connectivity index (χ4v) is 2.57. The van der Waals surface area contributed by atoms with Crippen molar-refractivity contribution in [3.63, 3.8) is 0 Å². The van der Waals surface area contributed by atoms with Gasteiger partial charge in [-0.05, 0) is 36.8 Å². The van der Waals surface area contributed by atoms with Gasteiger partial charge in [0.2, 0.25) is 5.91 Å². The van der Waals surface area contributed by atoms with E-state index in [1.165, 1.54) is 0 Å². The van der Waals surface area contributed by atoms with Gasteiger partial charge in [-0.3, -0.25) is 9.59 Å². The van der Waals surface area contributed by atoms with Crippen molar-refractivity contribution in [1.29, 1.82) is 0 Å². The van der Waals surface area contributed by atoms with E-state index < -0.39 is 0 Å². The van der Waals surface area contributed by atoms with Crippen molar-refractivity contribution in [3.05, 3.63) is 46.2 Å². The predicted molar refractivity (Wildman–Crippen MR) is 84.7 cm³/mol. The average molecular weight is 300 g/mol. The summed E-state index contributed by atoms with van der Waals surface area (Å²) in [6, 6.07) is 9.43.